The highest BCUT2D eigenvalue weighted by Gasteiger charge is 2.47. The van der Waals surface area contributed by atoms with Crippen LogP contribution in [0.3, 0.4) is 0 Å². The Morgan fingerprint density at radius 1 is 1.43 bits per heavy atom. The van der Waals surface area contributed by atoms with Crippen molar-refractivity contribution in [3.05, 3.63) is 23.5 Å². The maximum absolute atomic E-state index is 12.4. The van der Waals surface area contributed by atoms with Gasteiger partial charge in [0.05, 0.1) is 12.1 Å². The van der Waals surface area contributed by atoms with E-state index in [1.165, 1.54) is 0 Å². The topological polar surface area (TPSA) is 70.3 Å². The van der Waals surface area contributed by atoms with Crippen LogP contribution in [0.25, 0.3) is 0 Å². The highest BCUT2D eigenvalue weighted by Crippen LogP contribution is 2.41. The lowest BCUT2D eigenvalue weighted by molar-refractivity contribution is 0.0142. The van der Waals surface area contributed by atoms with Crippen LogP contribution in [0.15, 0.2) is 12.1 Å². The summed E-state index contributed by atoms with van der Waals surface area (Å²) in [5.41, 5.74) is 1.40. The number of hydrogen-bond acceptors (Lipinski definition) is 4. The van der Waals surface area contributed by atoms with E-state index in [1.54, 1.807) is 0 Å². The Labute approximate surface area is 124 Å². The van der Waals surface area contributed by atoms with E-state index in [0.29, 0.717) is 25.4 Å². The number of fused-ring (bicyclic) bond motifs is 2. The molecule has 1 aromatic heterocycles. The number of rotatable bonds is 1. The lowest BCUT2D eigenvalue weighted by Crippen LogP contribution is -2.58. The zero-order chi connectivity index (χ0) is 14.9. The van der Waals surface area contributed by atoms with Gasteiger partial charge in [0.1, 0.15) is 11.8 Å². The fraction of sp³-hybridized carbons (Fsp3) is 0.600. The van der Waals surface area contributed by atoms with Gasteiger partial charge in [-0.1, -0.05) is 0 Å². The first-order chi connectivity index (χ1) is 10.2. The molecule has 2 aliphatic heterocycles. The number of nitriles is 1. The van der Waals surface area contributed by atoms with E-state index < -0.39 is 0 Å². The van der Waals surface area contributed by atoms with Crippen LogP contribution in [0, 0.1) is 11.3 Å². The number of ether oxygens (including phenoxy) is 1. The first-order valence-electron chi connectivity index (χ1n) is 7.48. The minimum absolute atomic E-state index is 0.245. The first-order valence-corrected chi connectivity index (χ1v) is 7.48. The van der Waals surface area contributed by atoms with Gasteiger partial charge in [-0.05, 0) is 45.0 Å². The molecule has 0 bridgehead atoms. The van der Waals surface area contributed by atoms with Crippen LogP contribution in [0.4, 0.5) is 4.79 Å². The van der Waals surface area contributed by atoms with E-state index in [1.807, 2.05) is 24.0 Å². The van der Waals surface area contributed by atoms with Crippen LogP contribution in [0.5, 0.6) is 0 Å². The lowest BCUT2D eigenvalue weighted by atomic mass is 9.82. The molecule has 1 N–H and O–H groups in total. The molecule has 3 rings (SSSR count). The van der Waals surface area contributed by atoms with Gasteiger partial charge in [0.25, 0.3) is 0 Å². The van der Waals surface area contributed by atoms with Crippen molar-refractivity contribution in [2.24, 2.45) is 0 Å². The van der Waals surface area contributed by atoms with E-state index >= 15 is 0 Å². The van der Waals surface area contributed by atoms with Crippen molar-refractivity contribution in [3.8, 4) is 6.07 Å². The van der Waals surface area contributed by atoms with Gasteiger partial charge in [-0.15, -0.1) is 0 Å². The van der Waals surface area contributed by atoms with Crippen LogP contribution < -0.4 is 5.32 Å². The second-order valence-electron chi connectivity index (χ2n) is 5.50. The predicted molar refractivity (Wildman–Crippen MR) is 76.7 cm³/mol. The van der Waals surface area contributed by atoms with Crippen molar-refractivity contribution < 1.29 is 9.53 Å². The zero-order valence-electron chi connectivity index (χ0n) is 12.3. The van der Waals surface area contributed by atoms with Crippen molar-refractivity contribution in [2.75, 3.05) is 26.2 Å². The Balaban J connectivity index is 2.05. The molecule has 6 heteroatoms. The lowest BCUT2D eigenvalue weighted by Gasteiger charge is -2.49. The second kappa shape index (κ2) is 5.41. The van der Waals surface area contributed by atoms with Gasteiger partial charge in [0.2, 0.25) is 0 Å². The number of amides is 1. The van der Waals surface area contributed by atoms with Crippen molar-refractivity contribution in [1.29, 1.82) is 5.26 Å². The largest absolute Gasteiger partial charge is 0.450 e. The molecule has 0 radical (unpaired) electrons. The minimum atomic E-state index is -0.342. The summed E-state index contributed by atoms with van der Waals surface area (Å²) in [7, 11) is 0. The average molecular weight is 288 g/mol. The SMILES string of the molecule is CCOC(=O)N1CCn2c(C#N)ccc2C12CCNCC2. The Morgan fingerprint density at radius 3 is 2.86 bits per heavy atom. The van der Waals surface area contributed by atoms with E-state index in [9.17, 15) is 10.1 Å². The number of hydrogen-bond donors (Lipinski definition) is 1. The highest BCUT2D eigenvalue weighted by atomic mass is 16.6. The molecule has 1 fully saturated rings. The molecule has 21 heavy (non-hydrogen) atoms. The molecule has 1 saturated heterocycles. The summed E-state index contributed by atoms with van der Waals surface area (Å²) in [5, 5.41) is 12.6. The van der Waals surface area contributed by atoms with E-state index in [0.717, 1.165) is 31.6 Å². The maximum Gasteiger partial charge on any atom is 0.410 e. The number of piperidine rings is 1. The Kier molecular flexibility index (Phi) is 3.60. The number of nitrogens with zero attached hydrogens (tertiary/aromatic N) is 3. The van der Waals surface area contributed by atoms with E-state index in [-0.39, 0.29) is 11.6 Å². The van der Waals surface area contributed by atoms with Crippen molar-refractivity contribution in [3.63, 3.8) is 0 Å². The smallest absolute Gasteiger partial charge is 0.410 e. The summed E-state index contributed by atoms with van der Waals surface area (Å²) in [5.74, 6) is 0. The third-order valence-corrected chi connectivity index (χ3v) is 4.55. The first kappa shape index (κ1) is 14.0. The number of carbonyl (C=O) groups excluding carboxylic acids is 1. The van der Waals surface area contributed by atoms with Crippen LogP contribution in [0.1, 0.15) is 31.2 Å². The standard InChI is InChI=1S/C15H20N4O2/c1-2-21-14(20)19-10-9-18-12(11-16)3-4-13(18)15(19)5-7-17-8-6-15/h3-4,17H,2,5-10H2,1H3. The number of carbonyl (C=O) groups is 1. The average Bonchev–Trinajstić information content (AvgIpc) is 2.93. The molecule has 1 spiro atoms. The van der Waals surface area contributed by atoms with Crippen molar-refractivity contribution >= 4 is 6.09 Å². The Morgan fingerprint density at radius 2 is 2.19 bits per heavy atom. The minimum Gasteiger partial charge on any atom is -0.450 e. The van der Waals surface area contributed by atoms with Crippen LogP contribution in [0.2, 0.25) is 0 Å². The summed E-state index contributed by atoms with van der Waals surface area (Å²) in [6.07, 6.45) is 1.45. The number of nitrogens with one attached hydrogen (secondary N) is 1. The molecule has 3 heterocycles. The second-order valence-corrected chi connectivity index (χ2v) is 5.50. The quantitative estimate of drug-likeness (QED) is 0.848. The van der Waals surface area contributed by atoms with E-state index in [2.05, 4.69) is 16.0 Å². The third-order valence-electron chi connectivity index (χ3n) is 4.55. The molecule has 0 aromatic carbocycles. The van der Waals surface area contributed by atoms with Crippen LogP contribution in [-0.4, -0.2) is 41.8 Å². The molecule has 6 nitrogen and oxygen atoms in total. The summed E-state index contributed by atoms with van der Waals surface area (Å²) in [6.45, 7) is 5.18. The molecule has 0 aliphatic carbocycles. The van der Waals surface area contributed by atoms with Crippen LogP contribution >= 0.6 is 0 Å². The normalized spacial score (nSPS) is 19.9. The molecule has 1 aromatic rings. The van der Waals surface area contributed by atoms with Gasteiger partial charge >= 0.3 is 6.09 Å². The van der Waals surface area contributed by atoms with Crippen molar-refractivity contribution in [2.45, 2.75) is 31.8 Å². The fourth-order valence-corrected chi connectivity index (χ4v) is 3.60. The summed E-state index contributed by atoms with van der Waals surface area (Å²) in [4.78, 5) is 14.2. The molecule has 112 valence electrons. The maximum atomic E-state index is 12.4. The monoisotopic (exact) mass is 288 g/mol. The van der Waals surface area contributed by atoms with Gasteiger partial charge in [-0.25, -0.2) is 4.79 Å². The molecule has 1 amide bonds. The highest BCUT2D eigenvalue weighted by molar-refractivity contribution is 5.69. The third kappa shape index (κ3) is 2.09. The molecule has 0 unspecified atom stereocenters. The van der Waals surface area contributed by atoms with Crippen LogP contribution in [-0.2, 0) is 16.8 Å². The fourth-order valence-electron chi connectivity index (χ4n) is 3.60. The molecule has 0 saturated carbocycles. The van der Waals surface area contributed by atoms with Gasteiger partial charge in [0.15, 0.2) is 0 Å². The van der Waals surface area contributed by atoms with E-state index in [4.69, 9.17) is 4.74 Å². The van der Waals surface area contributed by atoms with Gasteiger partial charge < -0.3 is 14.6 Å². The van der Waals surface area contributed by atoms with Gasteiger partial charge in [-0.3, -0.25) is 4.90 Å². The Hall–Kier alpha value is -2.00. The predicted octanol–water partition coefficient (Wildman–Crippen LogP) is 1.41. The van der Waals surface area contributed by atoms with Gasteiger partial charge in [0, 0.05) is 18.8 Å². The van der Waals surface area contributed by atoms with Crippen molar-refractivity contribution in [1.82, 2.24) is 14.8 Å². The molecular weight excluding hydrogens is 268 g/mol. The summed E-state index contributed by atoms with van der Waals surface area (Å²) in [6, 6.07) is 6.09. The van der Waals surface area contributed by atoms with Gasteiger partial charge in [-0.2, -0.15) is 5.26 Å². The molecular formula is C15H20N4O2. The summed E-state index contributed by atoms with van der Waals surface area (Å²) >= 11 is 0. The zero-order valence-corrected chi connectivity index (χ0v) is 12.3. The number of aromatic nitrogens is 1. The summed E-state index contributed by atoms with van der Waals surface area (Å²) < 4.78 is 7.31. The molecule has 0 atom stereocenters. The molecule has 2 aliphatic rings. The Bertz CT molecular complexity index is 581.